The number of rotatable bonds is 6. The van der Waals surface area contributed by atoms with Gasteiger partial charge in [-0.3, -0.25) is 9.59 Å². The van der Waals surface area contributed by atoms with Crippen LogP contribution in [0.4, 0.5) is 0 Å². The van der Waals surface area contributed by atoms with Crippen LogP contribution in [0.2, 0.25) is 0 Å². The first kappa shape index (κ1) is 12.9. The van der Waals surface area contributed by atoms with Gasteiger partial charge >= 0.3 is 0 Å². The Kier molecular flexibility index (Phi) is 5.87. The number of hydrogen-bond donors (Lipinski definition) is 3. The zero-order chi connectivity index (χ0) is 11.1. The Morgan fingerprint density at radius 2 is 1.93 bits per heavy atom. The van der Waals surface area contributed by atoms with Crippen molar-refractivity contribution in [2.75, 3.05) is 6.54 Å². The number of primary amides is 1. The molecule has 0 aliphatic heterocycles. The molecular formula is C9H19N3O2. The van der Waals surface area contributed by atoms with Gasteiger partial charge in [-0.05, 0) is 26.3 Å². The molecule has 0 spiro atoms. The van der Waals surface area contributed by atoms with Gasteiger partial charge in [0.25, 0.3) is 0 Å². The van der Waals surface area contributed by atoms with Crippen LogP contribution in [-0.2, 0) is 9.59 Å². The van der Waals surface area contributed by atoms with E-state index in [2.05, 4.69) is 5.32 Å². The molecule has 0 aromatic heterocycles. The molecule has 5 N–H and O–H groups in total. The Morgan fingerprint density at radius 1 is 1.36 bits per heavy atom. The zero-order valence-electron chi connectivity index (χ0n) is 8.75. The number of carbonyl (C=O) groups excluding carboxylic acids is 2. The number of amides is 2. The first-order chi connectivity index (χ1) is 6.49. The zero-order valence-corrected chi connectivity index (χ0v) is 8.75. The summed E-state index contributed by atoms with van der Waals surface area (Å²) in [6.45, 7) is 3.94. The second-order valence-electron chi connectivity index (χ2n) is 3.46. The van der Waals surface area contributed by atoms with Gasteiger partial charge in [0.15, 0.2) is 0 Å². The van der Waals surface area contributed by atoms with Crippen molar-refractivity contribution >= 4 is 11.8 Å². The summed E-state index contributed by atoms with van der Waals surface area (Å²) < 4.78 is 0. The summed E-state index contributed by atoms with van der Waals surface area (Å²) >= 11 is 0. The topological polar surface area (TPSA) is 98.2 Å². The molecular weight excluding hydrogens is 182 g/mol. The highest BCUT2D eigenvalue weighted by molar-refractivity contribution is 5.86. The molecule has 2 unspecified atom stereocenters. The average Bonchev–Trinajstić information content (AvgIpc) is 2.13. The summed E-state index contributed by atoms with van der Waals surface area (Å²) in [4.78, 5) is 22.1. The van der Waals surface area contributed by atoms with Crippen LogP contribution >= 0.6 is 0 Å². The molecule has 0 aromatic rings. The molecule has 0 fully saturated rings. The van der Waals surface area contributed by atoms with Crippen molar-refractivity contribution in [2.24, 2.45) is 17.4 Å². The van der Waals surface area contributed by atoms with E-state index >= 15 is 0 Å². The van der Waals surface area contributed by atoms with E-state index in [9.17, 15) is 9.59 Å². The summed E-state index contributed by atoms with van der Waals surface area (Å²) in [6, 6.07) is -0.608. The highest BCUT2D eigenvalue weighted by Crippen LogP contribution is 2.04. The minimum atomic E-state index is -0.608. The Balaban J connectivity index is 3.88. The first-order valence-electron chi connectivity index (χ1n) is 4.78. The fourth-order valence-electron chi connectivity index (χ4n) is 0.982. The summed E-state index contributed by atoms with van der Waals surface area (Å²) in [7, 11) is 0. The first-order valence-corrected chi connectivity index (χ1v) is 4.78. The number of nitrogens with one attached hydrogen (secondary N) is 1. The second-order valence-corrected chi connectivity index (χ2v) is 3.46. The van der Waals surface area contributed by atoms with Crippen LogP contribution in [0, 0.1) is 5.92 Å². The predicted molar refractivity (Wildman–Crippen MR) is 54.3 cm³/mol. The quantitative estimate of drug-likeness (QED) is 0.532. The third kappa shape index (κ3) is 4.81. The van der Waals surface area contributed by atoms with E-state index in [1.54, 1.807) is 13.8 Å². The predicted octanol–water partition coefficient (Wildman–Crippen LogP) is -0.649. The Hall–Kier alpha value is -1.10. The molecule has 0 radical (unpaired) electrons. The van der Waals surface area contributed by atoms with E-state index in [1.165, 1.54) is 0 Å². The standard InChI is InChI=1S/C9H19N3O2/c1-6(4-3-5-10)9(14)12-7(2)8(11)13/h6-7H,3-5,10H2,1-2H3,(H2,11,13)(H,12,14). The van der Waals surface area contributed by atoms with Crippen LogP contribution < -0.4 is 16.8 Å². The van der Waals surface area contributed by atoms with Crippen molar-refractivity contribution in [1.82, 2.24) is 5.32 Å². The van der Waals surface area contributed by atoms with Gasteiger partial charge < -0.3 is 16.8 Å². The molecule has 0 aliphatic carbocycles. The van der Waals surface area contributed by atoms with Crippen molar-refractivity contribution in [3.63, 3.8) is 0 Å². The van der Waals surface area contributed by atoms with E-state index in [-0.39, 0.29) is 11.8 Å². The molecule has 82 valence electrons. The highest BCUT2D eigenvalue weighted by atomic mass is 16.2. The highest BCUT2D eigenvalue weighted by Gasteiger charge is 2.16. The lowest BCUT2D eigenvalue weighted by atomic mass is 10.0. The minimum Gasteiger partial charge on any atom is -0.368 e. The lowest BCUT2D eigenvalue weighted by Crippen LogP contribution is -2.44. The third-order valence-electron chi connectivity index (χ3n) is 2.07. The van der Waals surface area contributed by atoms with Crippen LogP contribution in [0.25, 0.3) is 0 Å². The molecule has 0 saturated carbocycles. The van der Waals surface area contributed by atoms with Gasteiger partial charge in [-0.15, -0.1) is 0 Å². The largest absolute Gasteiger partial charge is 0.368 e. The monoisotopic (exact) mass is 201 g/mol. The van der Waals surface area contributed by atoms with E-state index in [1.807, 2.05) is 0 Å². The van der Waals surface area contributed by atoms with Gasteiger partial charge in [-0.1, -0.05) is 6.92 Å². The molecule has 14 heavy (non-hydrogen) atoms. The fraction of sp³-hybridized carbons (Fsp3) is 0.778. The van der Waals surface area contributed by atoms with Crippen molar-refractivity contribution in [2.45, 2.75) is 32.7 Å². The number of carbonyl (C=O) groups is 2. The molecule has 5 nitrogen and oxygen atoms in total. The molecule has 2 atom stereocenters. The SMILES string of the molecule is CC(CCCN)C(=O)NC(C)C(N)=O. The summed E-state index contributed by atoms with van der Waals surface area (Å²) in [5.74, 6) is -0.797. The van der Waals surface area contributed by atoms with E-state index < -0.39 is 11.9 Å². The van der Waals surface area contributed by atoms with Crippen LogP contribution in [0.3, 0.4) is 0 Å². The summed E-state index contributed by atoms with van der Waals surface area (Å²) in [5.41, 5.74) is 10.3. The van der Waals surface area contributed by atoms with Crippen LogP contribution in [-0.4, -0.2) is 24.4 Å². The van der Waals surface area contributed by atoms with Gasteiger partial charge in [0.2, 0.25) is 11.8 Å². The molecule has 0 aromatic carbocycles. The molecule has 0 bridgehead atoms. The normalized spacial score (nSPS) is 14.5. The van der Waals surface area contributed by atoms with Crippen LogP contribution in [0.15, 0.2) is 0 Å². The third-order valence-corrected chi connectivity index (χ3v) is 2.07. The molecule has 0 aliphatic rings. The number of nitrogens with two attached hydrogens (primary N) is 2. The fourth-order valence-corrected chi connectivity index (χ4v) is 0.982. The van der Waals surface area contributed by atoms with Gasteiger partial charge in [0.1, 0.15) is 6.04 Å². The molecule has 2 amide bonds. The number of hydrogen-bond acceptors (Lipinski definition) is 3. The van der Waals surface area contributed by atoms with Crippen molar-refractivity contribution in [3.8, 4) is 0 Å². The van der Waals surface area contributed by atoms with Crippen LogP contribution in [0.5, 0.6) is 0 Å². The maximum Gasteiger partial charge on any atom is 0.239 e. The lowest BCUT2D eigenvalue weighted by Gasteiger charge is -2.14. The van der Waals surface area contributed by atoms with Gasteiger partial charge in [-0.2, -0.15) is 0 Å². The second kappa shape index (κ2) is 6.37. The summed E-state index contributed by atoms with van der Waals surface area (Å²) in [5, 5.41) is 2.53. The van der Waals surface area contributed by atoms with Gasteiger partial charge in [0.05, 0.1) is 0 Å². The molecule has 0 rings (SSSR count). The van der Waals surface area contributed by atoms with Crippen molar-refractivity contribution in [3.05, 3.63) is 0 Å². The van der Waals surface area contributed by atoms with Crippen LogP contribution in [0.1, 0.15) is 26.7 Å². The molecule has 0 heterocycles. The Bertz CT molecular complexity index is 206. The Labute approximate surface area is 84.2 Å². The average molecular weight is 201 g/mol. The molecule has 5 heteroatoms. The summed E-state index contributed by atoms with van der Waals surface area (Å²) in [6.07, 6.45) is 1.54. The smallest absolute Gasteiger partial charge is 0.239 e. The van der Waals surface area contributed by atoms with Gasteiger partial charge in [-0.25, -0.2) is 0 Å². The van der Waals surface area contributed by atoms with Gasteiger partial charge in [0, 0.05) is 5.92 Å². The van der Waals surface area contributed by atoms with Crippen molar-refractivity contribution in [1.29, 1.82) is 0 Å². The maximum atomic E-state index is 11.4. The van der Waals surface area contributed by atoms with E-state index in [0.29, 0.717) is 6.54 Å². The molecule has 0 saturated heterocycles. The van der Waals surface area contributed by atoms with Crippen molar-refractivity contribution < 1.29 is 9.59 Å². The lowest BCUT2D eigenvalue weighted by molar-refractivity contribution is -0.129. The van der Waals surface area contributed by atoms with E-state index in [0.717, 1.165) is 12.8 Å². The minimum absolute atomic E-state index is 0.125. The van der Waals surface area contributed by atoms with E-state index in [4.69, 9.17) is 11.5 Å². The Morgan fingerprint density at radius 3 is 2.36 bits per heavy atom. The maximum absolute atomic E-state index is 11.4.